The highest BCUT2D eigenvalue weighted by Gasteiger charge is 2.26. The van der Waals surface area contributed by atoms with Crippen molar-refractivity contribution >= 4 is 21.4 Å². The Labute approximate surface area is 159 Å². The first kappa shape index (κ1) is 17.4. The summed E-state index contributed by atoms with van der Waals surface area (Å²) < 4.78 is 12.4. The van der Waals surface area contributed by atoms with Crippen molar-refractivity contribution in [3.05, 3.63) is 58.0 Å². The lowest BCUT2D eigenvalue weighted by Crippen LogP contribution is -2.33. The van der Waals surface area contributed by atoms with Crippen LogP contribution >= 0.6 is 11.3 Å². The average Bonchev–Trinajstić information content (AvgIpc) is 2.99. The number of fused-ring (bicyclic) bond motifs is 2. The summed E-state index contributed by atoms with van der Waals surface area (Å²) >= 11 is 1.93. The molecule has 2 heterocycles. The van der Waals surface area contributed by atoms with Crippen molar-refractivity contribution in [1.82, 2.24) is 4.90 Å². The predicted octanol–water partition coefficient (Wildman–Crippen LogP) is 5.35. The minimum atomic E-state index is 0.364. The lowest BCUT2D eigenvalue weighted by molar-refractivity contribution is 0.190. The molecule has 0 spiro atoms. The third-order valence-electron chi connectivity index (χ3n) is 5.60. The second-order valence-electron chi connectivity index (χ2n) is 6.95. The van der Waals surface area contributed by atoms with Crippen LogP contribution in [0, 0.1) is 6.92 Å². The maximum absolute atomic E-state index is 5.52. The fraction of sp³-hybridized carbons (Fsp3) is 0.364. The highest BCUT2D eigenvalue weighted by atomic mass is 32.1. The van der Waals surface area contributed by atoms with Crippen molar-refractivity contribution in [2.24, 2.45) is 0 Å². The molecule has 1 aliphatic heterocycles. The third kappa shape index (κ3) is 2.87. The molecule has 0 N–H and O–H groups in total. The minimum Gasteiger partial charge on any atom is -0.493 e. The minimum absolute atomic E-state index is 0.364. The maximum Gasteiger partial charge on any atom is 0.161 e. The van der Waals surface area contributed by atoms with Crippen LogP contribution in [0.15, 0.2) is 36.4 Å². The van der Waals surface area contributed by atoms with Crippen LogP contribution in [-0.2, 0) is 13.0 Å². The molecule has 3 nitrogen and oxygen atoms in total. The molecule has 26 heavy (non-hydrogen) atoms. The molecule has 0 aliphatic carbocycles. The van der Waals surface area contributed by atoms with Crippen molar-refractivity contribution < 1.29 is 9.47 Å². The number of thiophene rings is 1. The zero-order valence-electron chi connectivity index (χ0n) is 15.8. The summed E-state index contributed by atoms with van der Waals surface area (Å²) in [6.45, 7) is 6.62. The second-order valence-corrected chi connectivity index (χ2v) is 8.09. The molecule has 136 valence electrons. The standard InChI is InChI=1S/C22H25NO2S/c1-14-17-7-5-6-8-21(17)26-22(14)13-23-10-9-16-11-19(24-3)20(25-4)12-18(16)15(23)2/h5-8,11-12,15H,9-10,13H2,1-4H3/t15-/m1/s1. The number of hydrogen-bond donors (Lipinski definition) is 0. The average molecular weight is 368 g/mol. The van der Waals surface area contributed by atoms with Crippen LogP contribution in [0.1, 0.15) is 34.5 Å². The quantitative estimate of drug-likeness (QED) is 0.621. The van der Waals surface area contributed by atoms with Crippen molar-refractivity contribution in [3.8, 4) is 11.5 Å². The lowest BCUT2D eigenvalue weighted by Gasteiger charge is -2.35. The number of rotatable bonds is 4. The van der Waals surface area contributed by atoms with E-state index in [0.29, 0.717) is 6.04 Å². The van der Waals surface area contributed by atoms with Crippen LogP contribution in [0.2, 0.25) is 0 Å². The highest BCUT2D eigenvalue weighted by Crippen LogP contribution is 2.39. The summed E-state index contributed by atoms with van der Waals surface area (Å²) in [4.78, 5) is 4.05. The molecular weight excluding hydrogens is 342 g/mol. The Morgan fingerprint density at radius 1 is 1.12 bits per heavy atom. The van der Waals surface area contributed by atoms with Crippen molar-refractivity contribution in [2.45, 2.75) is 32.9 Å². The van der Waals surface area contributed by atoms with E-state index >= 15 is 0 Å². The molecule has 0 radical (unpaired) electrons. The lowest BCUT2D eigenvalue weighted by atomic mass is 9.92. The summed E-state index contributed by atoms with van der Waals surface area (Å²) in [5.74, 6) is 1.64. The second kappa shape index (κ2) is 6.93. The molecule has 0 saturated heterocycles. The molecule has 0 amide bonds. The summed E-state index contributed by atoms with van der Waals surface area (Å²) in [6, 6.07) is 13.4. The molecule has 0 fully saturated rings. The van der Waals surface area contributed by atoms with Crippen LogP contribution in [-0.4, -0.2) is 25.7 Å². The van der Waals surface area contributed by atoms with Crippen molar-refractivity contribution in [2.75, 3.05) is 20.8 Å². The van der Waals surface area contributed by atoms with Gasteiger partial charge in [-0.1, -0.05) is 18.2 Å². The molecule has 0 saturated carbocycles. The Bertz CT molecular complexity index is 947. The smallest absolute Gasteiger partial charge is 0.161 e. The van der Waals surface area contributed by atoms with Gasteiger partial charge in [0.2, 0.25) is 0 Å². The fourth-order valence-electron chi connectivity index (χ4n) is 3.97. The van der Waals surface area contributed by atoms with Crippen molar-refractivity contribution in [3.63, 3.8) is 0 Å². The van der Waals surface area contributed by atoms with E-state index in [0.717, 1.165) is 31.0 Å². The van der Waals surface area contributed by atoms with E-state index in [9.17, 15) is 0 Å². The molecule has 0 bridgehead atoms. The number of benzene rings is 2. The van der Waals surface area contributed by atoms with E-state index in [2.05, 4.69) is 55.1 Å². The van der Waals surface area contributed by atoms with Gasteiger partial charge in [0.25, 0.3) is 0 Å². The Morgan fingerprint density at radius 2 is 1.85 bits per heavy atom. The molecule has 1 aliphatic rings. The summed E-state index contributed by atoms with van der Waals surface area (Å²) in [6.07, 6.45) is 1.05. The number of hydrogen-bond acceptors (Lipinski definition) is 4. The van der Waals surface area contributed by atoms with E-state index in [-0.39, 0.29) is 0 Å². The monoisotopic (exact) mass is 367 g/mol. The first-order valence-electron chi connectivity index (χ1n) is 9.08. The van der Waals surface area contributed by atoms with Gasteiger partial charge in [0, 0.05) is 28.7 Å². The van der Waals surface area contributed by atoms with E-state index in [1.807, 2.05) is 11.3 Å². The number of methoxy groups -OCH3 is 2. The molecule has 3 aromatic rings. The van der Waals surface area contributed by atoms with E-state index in [1.54, 1.807) is 14.2 Å². The van der Waals surface area contributed by atoms with Crippen LogP contribution < -0.4 is 9.47 Å². The van der Waals surface area contributed by atoms with Gasteiger partial charge in [-0.05, 0) is 60.5 Å². The maximum atomic E-state index is 5.52. The van der Waals surface area contributed by atoms with Gasteiger partial charge >= 0.3 is 0 Å². The predicted molar refractivity (Wildman–Crippen MR) is 109 cm³/mol. The van der Waals surface area contributed by atoms with Crippen LogP contribution in [0.25, 0.3) is 10.1 Å². The summed E-state index contributed by atoms with van der Waals surface area (Å²) in [7, 11) is 3.41. The van der Waals surface area contributed by atoms with Gasteiger partial charge in [-0.3, -0.25) is 4.90 Å². The summed E-state index contributed by atoms with van der Waals surface area (Å²) in [5.41, 5.74) is 4.16. The van der Waals surface area contributed by atoms with Gasteiger partial charge in [0.05, 0.1) is 14.2 Å². The molecule has 1 aromatic heterocycles. The molecule has 1 atom stereocenters. The Kier molecular flexibility index (Phi) is 4.63. The Morgan fingerprint density at radius 3 is 2.58 bits per heavy atom. The first-order chi connectivity index (χ1) is 12.6. The number of nitrogens with zero attached hydrogens (tertiary/aromatic N) is 1. The number of aryl methyl sites for hydroxylation is 1. The molecule has 4 rings (SSSR count). The summed E-state index contributed by atoms with van der Waals surface area (Å²) in [5, 5.41) is 1.39. The Balaban J connectivity index is 1.64. The first-order valence-corrected chi connectivity index (χ1v) is 9.90. The third-order valence-corrected chi connectivity index (χ3v) is 6.86. The van der Waals surface area contributed by atoms with Crippen LogP contribution in [0.3, 0.4) is 0 Å². The van der Waals surface area contributed by atoms with Crippen LogP contribution in [0.5, 0.6) is 11.5 Å². The molecule has 2 aromatic carbocycles. The van der Waals surface area contributed by atoms with Crippen LogP contribution in [0.4, 0.5) is 0 Å². The largest absolute Gasteiger partial charge is 0.493 e. The highest BCUT2D eigenvalue weighted by molar-refractivity contribution is 7.19. The zero-order valence-corrected chi connectivity index (χ0v) is 16.7. The van der Waals surface area contributed by atoms with Gasteiger partial charge in [-0.2, -0.15) is 0 Å². The fourth-order valence-corrected chi connectivity index (χ4v) is 5.21. The molecule has 0 unspecified atom stereocenters. The van der Waals surface area contributed by atoms with Crippen molar-refractivity contribution in [1.29, 1.82) is 0 Å². The van der Waals surface area contributed by atoms with Gasteiger partial charge in [0.15, 0.2) is 11.5 Å². The number of ether oxygens (including phenoxy) is 2. The molecular formula is C22H25NO2S. The van der Waals surface area contributed by atoms with E-state index < -0.39 is 0 Å². The van der Waals surface area contributed by atoms with Gasteiger partial charge in [-0.25, -0.2) is 0 Å². The van der Waals surface area contributed by atoms with Gasteiger partial charge in [-0.15, -0.1) is 11.3 Å². The SMILES string of the molecule is COc1cc2c(cc1OC)[C@@H](C)N(Cc1sc3ccccc3c1C)CC2. The molecule has 4 heteroatoms. The van der Waals surface area contributed by atoms with E-state index in [1.165, 1.54) is 31.7 Å². The normalized spacial score (nSPS) is 17.3. The topological polar surface area (TPSA) is 21.7 Å². The Hall–Kier alpha value is -2.04. The van der Waals surface area contributed by atoms with Gasteiger partial charge in [0.1, 0.15) is 0 Å². The van der Waals surface area contributed by atoms with E-state index in [4.69, 9.17) is 9.47 Å². The zero-order chi connectivity index (χ0) is 18.3. The van der Waals surface area contributed by atoms with Gasteiger partial charge < -0.3 is 9.47 Å².